The third-order valence-electron chi connectivity index (χ3n) is 4.99. The Balaban J connectivity index is 2.12. The Kier molecular flexibility index (Phi) is 9.63. The first-order valence-electron chi connectivity index (χ1n) is 10.7. The van der Waals surface area contributed by atoms with E-state index in [4.69, 9.17) is 0 Å². The maximum absolute atomic E-state index is 14.1. The van der Waals surface area contributed by atoms with Gasteiger partial charge >= 0.3 is 0 Å². The Morgan fingerprint density at radius 1 is 1.09 bits per heavy atom. The van der Waals surface area contributed by atoms with Crippen LogP contribution in [-0.4, -0.2) is 31.1 Å². The van der Waals surface area contributed by atoms with E-state index in [0.29, 0.717) is 30.1 Å². The van der Waals surface area contributed by atoms with E-state index in [1.54, 1.807) is 19.9 Å². The van der Waals surface area contributed by atoms with Gasteiger partial charge in [0.05, 0.1) is 6.54 Å². The molecule has 0 aliphatic heterocycles. The number of aryl methyl sites for hydroxylation is 1. The summed E-state index contributed by atoms with van der Waals surface area (Å²) in [6, 6.07) is 7.72. The number of alkyl halides is 2. The highest BCUT2D eigenvalue weighted by molar-refractivity contribution is 5.96. The number of hydrogen-bond acceptors (Lipinski definition) is 3. The van der Waals surface area contributed by atoms with Gasteiger partial charge in [0.2, 0.25) is 6.43 Å². The Morgan fingerprint density at radius 3 is 2.45 bits per heavy atom. The lowest BCUT2D eigenvalue weighted by Crippen LogP contribution is -2.25. The third-order valence-corrected chi connectivity index (χ3v) is 4.99. The van der Waals surface area contributed by atoms with Crippen LogP contribution in [0.2, 0.25) is 0 Å². The van der Waals surface area contributed by atoms with Gasteiger partial charge < -0.3 is 10.6 Å². The van der Waals surface area contributed by atoms with Crippen molar-refractivity contribution in [2.24, 2.45) is 4.99 Å². The molecule has 33 heavy (non-hydrogen) atoms. The second kappa shape index (κ2) is 12.2. The zero-order chi connectivity index (χ0) is 24.5. The minimum Gasteiger partial charge on any atom is -0.380 e. The zero-order valence-corrected chi connectivity index (χ0v) is 19.2. The van der Waals surface area contributed by atoms with E-state index < -0.39 is 24.5 Å². The molecule has 0 atom stereocenters. The molecule has 2 aromatic carbocycles. The van der Waals surface area contributed by atoms with Crippen LogP contribution in [-0.2, 0) is 6.42 Å². The summed E-state index contributed by atoms with van der Waals surface area (Å²) in [5.74, 6) is -2.17. The Bertz CT molecular complexity index is 1050. The van der Waals surface area contributed by atoms with Gasteiger partial charge in [0.1, 0.15) is 0 Å². The van der Waals surface area contributed by atoms with Crippen LogP contribution in [0.15, 0.2) is 41.5 Å². The standard InChI is InChI=1S/C25H29F4N3O/c1-5-10-30-25(33)21-9-7-19(11-18(21)12-22(26)27)32-14-17(4)31-13-16(3)20-8-6-15(2)23(28)24(20)29/h6-9,11,13,22,32H,5,10,12,14H2,1-4H3,(H,30,33)/b16-13+,31-17?. The maximum atomic E-state index is 14.1. The molecule has 0 aromatic heterocycles. The molecule has 0 fully saturated rings. The fourth-order valence-corrected chi connectivity index (χ4v) is 3.10. The molecule has 0 aliphatic carbocycles. The van der Waals surface area contributed by atoms with Gasteiger partial charge in [-0.3, -0.25) is 9.79 Å². The number of amides is 1. The molecule has 0 saturated heterocycles. The number of nitrogens with zero attached hydrogens (tertiary/aromatic N) is 1. The van der Waals surface area contributed by atoms with Crippen molar-refractivity contribution >= 4 is 22.9 Å². The molecular formula is C25H29F4N3O. The maximum Gasteiger partial charge on any atom is 0.251 e. The van der Waals surface area contributed by atoms with Crippen molar-refractivity contribution < 1.29 is 22.4 Å². The first-order valence-corrected chi connectivity index (χ1v) is 10.7. The highest BCUT2D eigenvalue weighted by atomic mass is 19.3. The Labute approximate surface area is 191 Å². The van der Waals surface area contributed by atoms with Gasteiger partial charge in [0.25, 0.3) is 5.91 Å². The molecular weight excluding hydrogens is 434 g/mol. The second-order valence-electron chi connectivity index (χ2n) is 7.81. The van der Waals surface area contributed by atoms with Crippen LogP contribution in [0.25, 0.3) is 5.57 Å². The molecule has 0 spiro atoms. The summed E-state index contributed by atoms with van der Waals surface area (Å²) in [5, 5.41) is 5.79. The fourth-order valence-electron chi connectivity index (χ4n) is 3.10. The molecule has 2 N–H and O–H groups in total. The smallest absolute Gasteiger partial charge is 0.251 e. The molecule has 0 bridgehead atoms. The Morgan fingerprint density at radius 2 is 1.79 bits per heavy atom. The van der Waals surface area contributed by atoms with E-state index in [9.17, 15) is 22.4 Å². The number of allylic oxidation sites excluding steroid dienone is 1. The topological polar surface area (TPSA) is 53.5 Å². The van der Waals surface area contributed by atoms with Gasteiger partial charge in [-0.15, -0.1) is 0 Å². The summed E-state index contributed by atoms with van der Waals surface area (Å²) in [6.07, 6.45) is -0.916. The third kappa shape index (κ3) is 7.44. The van der Waals surface area contributed by atoms with Crippen LogP contribution in [0, 0.1) is 18.6 Å². The lowest BCUT2D eigenvalue weighted by Gasteiger charge is -2.13. The number of hydrogen-bond donors (Lipinski definition) is 2. The average molecular weight is 464 g/mol. The first kappa shape index (κ1) is 26.1. The average Bonchev–Trinajstić information content (AvgIpc) is 2.77. The van der Waals surface area contributed by atoms with Crippen LogP contribution in [0.3, 0.4) is 0 Å². The van der Waals surface area contributed by atoms with Crippen molar-refractivity contribution in [1.82, 2.24) is 5.32 Å². The van der Waals surface area contributed by atoms with E-state index >= 15 is 0 Å². The highest BCUT2D eigenvalue weighted by Gasteiger charge is 2.16. The van der Waals surface area contributed by atoms with E-state index in [0.717, 1.165) is 6.42 Å². The van der Waals surface area contributed by atoms with Gasteiger partial charge in [-0.25, -0.2) is 17.6 Å². The first-order chi connectivity index (χ1) is 15.6. The number of aliphatic imine (C=N–C) groups is 1. The second-order valence-corrected chi connectivity index (χ2v) is 7.81. The van der Waals surface area contributed by atoms with Gasteiger partial charge in [-0.1, -0.05) is 19.1 Å². The van der Waals surface area contributed by atoms with Crippen LogP contribution < -0.4 is 10.6 Å². The van der Waals surface area contributed by atoms with E-state index in [-0.39, 0.29) is 28.2 Å². The summed E-state index contributed by atoms with van der Waals surface area (Å²) >= 11 is 0. The fraction of sp³-hybridized carbons (Fsp3) is 0.360. The summed E-state index contributed by atoms with van der Waals surface area (Å²) in [6.45, 7) is 7.54. The van der Waals surface area contributed by atoms with Crippen molar-refractivity contribution in [3.8, 4) is 0 Å². The largest absolute Gasteiger partial charge is 0.380 e. The van der Waals surface area contributed by atoms with E-state index in [1.165, 1.54) is 37.4 Å². The summed E-state index contributed by atoms with van der Waals surface area (Å²) in [4.78, 5) is 16.5. The predicted molar refractivity (Wildman–Crippen MR) is 125 cm³/mol. The molecule has 4 nitrogen and oxygen atoms in total. The van der Waals surface area contributed by atoms with Crippen LogP contribution in [0.1, 0.15) is 54.2 Å². The van der Waals surface area contributed by atoms with Crippen LogP contribution in [0.5, 0.6) is 0 Å². The molecule has 0 heterocycles. The number of anilines is 1. The number of nitrogens with one attached hydrogen (secondary N) is 2. The number of benzene rings is 2. The molecule has 2 aromatic rings. The summed E-state index contributed by atoms with van der Waals surface area (Å²) in [7, 11) is 0. The molecule has 0 radical (unpaired) electrons. The molecule has 0 unspecified atom stereocenters. The van der Waals surface area contributed by atoms with E-state index in [1.807, 2.05) is 6.92 Å². The summed E-state index contributed by atoms with van der Waals surface area (Å²) < 4.78 is 54.0. The SMILES string of the molecule is CCCNC(=O)c1ccc(NCC(C)=N/C=C(\C)c2ccc(C)c(F)c2F)cc1CC(F)F. The van der Waals surface area contributed by atoms with E-state index in [2.05, 4.69) is 15.6 Å². The predicted octanol–water partition coefficient (Wildman–Crippen LogP) is 6.15. The molecule has 1 amide bonds. The quantitative estimate of drug-likeness (QED) is 0.328. The monoisotopic (exact) mass is 463 g/mol. The normalized spacial score (nSPS) is 12.3. The summed E-state index contributed by atoms with van der Waals surface area (Å²) in [5.41, 5.74) is 2.52. The van der Waals surface area contributed by atoms with Gasteiger partial charge in [0, 0.05) is 41.7 Å². The molecule has 2 rings (SSSR count). The van der Waals surface area contributed by atoms with Gasteiger partial charge in [-0.05, 0) is 62.1 Å². The number of carbonyl (C=O) groups is 1. The van der Waals surface area contributed by atoms with Crippen molar-refractivity contribution in [2.45, 2.75) is 47.0 Å². The van der Waals surface area contributed by atoms with Gasteiger partial charge in [0.15, 0.2) is 11.6 Å². The molecule has 0 aliphatic rings. The van der Waals surface area contributed by atoms with Crippen LogP contribution in [0.4, 0.5) is 23.2 Å². The Hall–Kier alpha value is -3.16. The zero-order valence-electron chi connectivity index (χ0n) is 19.2. The molecule has 8 heteroatoms. The molecule has 178 valence electrons. The van der Waals surface area contributed by atoms with Crippen molar-refractivity contribution in [3.05, 3.63) is 70.4 Å². The molecule has 0 saturated carbocycles. The number of halogens is 4. The minimum absolute atomic E-state index is 0.135. The van der Waals surface area contributed by atoms with Crippen molar-refractivity contribution in [1.29, 1.82) is 0 Å². The lowest BCUT2D eigenvalue weighted by molar-refractivity contribution is 0.0951. The highest BCUT2D eigenvalue weighted by Crippen LogP contribution is 2.23. The lowest BCUT2D eigenvalue weighted by atomic mass is 10.0. The van der Waals surface area contributed by atoms with Crippen molar-refractivity contribution in [3.63, 3.8) is 0 Å². The number of carbonyl (C=O) groups excluding carboxylic acids is 1. The van der Waals surface area contributed by atoms with Crippen molar-refractivity contribution in [2.75, 3.05) is 18.4 Å². The van der Waals surface area contributed by atoms with Crippen LogP contribution >= 0.6 is 0 Å². The minimum atomic E-state index is -2.58. The number of rotatable bonds is 10. The van der Waals surface area contributed by atoms with Gasteiger partial charge in [-0.2, -0.15) is 0 Å².